The van der Waals surface area contributed by atoms with E-state index in [-0.39, 0.29) is 43.3 Å². The molecule has 0 saturated carbocycles. The third kappa shape index (κ3) is 5.20. The number of furan rings is 1. The Hall–Kier alpha value is -2.83. The van der Waals surface area contributed by atoms with Crippen LogP contribution in [-0.2, 0) is 16.1 Å². The number of carbonyl (C=O) groups excluding carboxylic acids is 2. The van der Waals surface area contributed by atoms with Gasteiger partial charge in [0.05, 0.1) is 12.7 Å². The second-order valence-corrected chi connectivity index (χ2v) is 7.64. The van der Waals surface area contributed by atoms with Gasteiger partial charge in [-0.2, -0.15) is 0 Å². The number of para-hydroxylation sites is 1. The first-order chi connectivity index (χ1) is 14.4. The van der Waals surface area contributed by atoms with E-state index in [1.807, 2.05) is 45.0 Å². The Labute approximate surface area is 180 Å². The maximum atomic E-state index is 12.7. The van der Waals surface area contributed by atoms with E-state index in [0.29, 0.717) is 21.9 Å². The van der Waals surface area contributed by atoms with E-state index >= 15 is 0 Å². The van der Waals surface area contributed by atoms with Crippen molar-refractivity contribution in [3.8, 4) is 0 Å². The molecule has 0 atom stereocenters. The lowest BCUT2D eigenvalue weighted by Crippen LogP contribution is -2.28. The van der Waals surface area contributed by atoms with E-state index in [1.165, 1.54) is 0 Å². The van der Waals surface area contributed by atoms with E-state index in [9.17, 15) is 9.59 Å². The predicted octanol–water partition coefficient (Wildman–Crippen LogP) is 5.08. The molecule has 0 unspecified atom stereocenters. The molecule has 0 bridgehead atoms. The van der Waals surface area contributed by atoms with Crippen LogP contribution in [0.1, 0.15) is 41.9 Å². The van der Waals surface area contributed by atoms with Gasteiger partial charge in [-0.05, 0) is 44.5 Å². The molecule has 0 aliphatic rings. The maximum absolute atomic E-state index is 12.7. The van der Waals surface area contributed by atoms with Crippen LogP contribution >= 0.6 is 11.6 Å². The molecule has 2 amide bonds. The second kappa shape index (κ2) is 9.78. The normalized spacial score (nSPS) is 11.1. The van der Waals surface area contributed by atoms with E-state index in [4.69, 9.17) is 20.8 Å². The number of carbonyl (C=O) groups is 2. The molecule has 6 nitrogen and oxygen atoms in total. The lowest BCUT2D eigenvalue weighted by molar-refractivity contribution is -0.116. The van der Waals surface area contributed by atoms with Gasteiger partial charge in [-0.15, -0.1) is 0 Å². The van der Waals surface area contributed by atoms with Gasteiger partial charge in [-0.3, -0.25) is 9.59 Å². The first kappa shape index (κ1) is 21.9. The Balaban J connectivity index is 1.63. The summed E-state index contributed by atoms with van der Waals surface area (Å²) in [5.74, 6) is -0.378. The summed E-state index contributed by atoms with van der Waals surface area (Å²) < 4.78 is 11.5. The Morgan fingerprint density at radius 2 is 1.90 bits per heavy atom. The minimum Gasteiger partial charge on any atom is -0.451 e. The largest absolute Gasteiger partial charge is 0.451 e. The summed E-state index contributed by atoms with van der Waals surface area (Å²) >= 11 is 6.08. The van der Waals surface area contributed by atoms with Crippen LogP contribution in [0.2, 0.25) is 5.02 Å². The summed E-state index contributed by atoms with van der Waals surface area (Å²) in [6, 6.07) is 12.8. The quantitative estimate of drug-likeness (QED) is 0.524. The molecule has 0 saturated heterocycles. The molecular weight excluding hydrogens is 404 g/mol. The zero-order chi connectivity index (χ0) is 21.7. The van der Waals surface area contributed by atoms with Gasteiger partial charge in [-0.25, -0.2) is 0 Å². The highest BCUT2D eigenvalue weighted by atomic mass is 35.5. The number of benzene rings is 2. The third-order valence-electron chi connectivity index (χ3n) is 4.64. The van der Waals surface area contributed by atoms with Crippen LogP contribution in [-0.4, -0.2) is 24.5 Å². The molecule has 1 aromatic heterocycles. The predicted molar refractivity (Wildman–Crippen MR) is 118 cm³/mol. The van der Waals surface area contributed by atoms with Gasteiger partial charge in [-0.1, -0.05) is 35.9 Å². The van der Waals surface area contributed by atoms with Crippen molar-refractivity contribution in [1.82, 2.24) is 5.32 Å². The van der Waals surface area contributed by atoms with E-state index in [1.54, 1.807) is 18.2 Å². The SMILES string of the molecule is Cc1c(Cl)cccc1NC(=O)CCNC(=O)c1oc2ccccc2c1COC(C)C. The number of halogens is 1. The smallest absolute Gasteiger partial charge is 0.287 e. The first-order valence-electron chi connectivity index (χ1n) is 9.82. The van der Waals surface area contributed by atoms with Crippen LogP contribution in [0.3, 0.4) is 0 Å². The summed E-state index contributed by atoms with van der Waals surface area (Å²) in [5, 5.41) is 7.00. The lowest BCUT2D eigenvalue weighted by atomic mass is 10.1. The molecule has 158 valence electrons. The van der Waals surface area contributed by atoms with Crippen molar-refractivity contribution >= 4 is 40.1 Å². The lowest BCUT2D eigenvalue weighted by Gasteiger charge is -2.10. The van der Waals surface area contributed by atoms with E-state index < -0.39 is 0 Å². The van der Waals surface area contributed by atoms with Crippen LogP contribution in [0.15, 0.2) is 46.9 Å². The van der Waals surface area contributed by atoms with Gasteiger partial charge in [0.2, 0.25) is 5.91 Å². The summed E-state index contributed by atoms with van der Waals surface area (Å²) in [7, 11) is 0. The van der Waals surface area contributed by atoms with Crippen molar-refractivity contribution in [2.24, 2.45) is 0 Å². The molecular formula is C23H25ClN2O4. The summed E-state index contributed by atoms with van der Waals surface area (Å²) in [4.78, 5) is 24.9. The zero-order valence-corrected chi connectivity index (χ0v) is 18.0. The molecule has 3 rings (SSSR count). The van der Waals surface area contributed by atoms with Crippen molar-refractivity contribution in [2.45, 2.75) is 39.9 Å². The van der Waals surface area contributed by atoms with Gasteiger partial charge in [0.15, 0.2) is 5.76 Å². The zero-order valence-electron chi connectivity index (χ0n) is 17.3. The Morgan fingerprint density at radius 3 is 2.67 bits per heavy atom. The highest BCUT2D eigenvalue weighted by molar-refractivity contribution is 6.31. The molecule has 0 spiro atoms. The fourth-order valence-electron chi connectivity index (χ4n) is 3.00. The number of ether oxygens (including phenoxy) is 1. The van der Waals surface area contributed by atoms with Crippen molar-refractivity contribution in [3.05, 3.63) is 64.4 Å². The maximum Gasteiger partial charge on any atom is 0.287 e. The number of anilines is 1. The molecule has 30 heavy (non-hydrogen) atoms. The molecule has 2 N–H and O–H groups in total. The number of nitrogens with one attached hydrogen (secondary N) is 2. The fraction of sp³-hybridized carbons (Fsp3) is 0.304. The Kier molecular flexibility index (Phi) is 7.13. The third-order valence-corrected chi connectivity index (χ3v) is 5.05. The van der Waals surface area contributed by atoms with Crippen LogP contribution < -0.4 is 10.6 Å². The molecule has 0 fully saturated rings. The van der Waals surface area contributed by atoms with Gasteiger partial charge < -0.3 is 19.8 Å². The number of hydrogen-bond donors (Lipinski definition) is 2. The van der Waals surface area contributed by atoms with Crippen molar-refractivity contribution < 1.29 is 18.7 Å². The number of rotatable bonds is 8. The number of hydrogen-bond acceptors (Lipinski definition) is 4. The minimum atomic E-state index is -0.375. The molecule has 0 aliphatic heterocycles. The Morgan fingerprint density at radius 1 is 1.13 bits per heavy atom. The molecule has 1 heterocycles. The topological polar surface area (TPSA) is 80.6 Å². The monoisotopic (exact) mass is 428 g/mol. The highest BCUT2D eigenvalue weighted by Crippen LogP contribution is 2.27. The van der Waals surface area contributed by atoms with Crippen LogP contribution in [0.4, 0.5) is 5.69 Å². The standard InChI is InChI=1S/C23H25ClN2O4/c1-14(2)29-13-17-16-7-4-5-10-20(16)30-22(17)23(28)25-12-11-21(27)26-19-9-6-8-18(24)15(19)3/h4-10,14H,11-13H2,1-3H3,(H,25,28)(H,26,27). The van der Waals surface area contributed by atoms with Gasteiger partial charge in [0.25, 0.3) is 5.91 Å². The molecule has 7 heteroatoms. The van der Waals surface area contributed by atoms with E-state index in [2.05, 4.69) is 10.6 Å². The van der Waals surface area contributed by atoms with Crippen LogP contribution in [0.25, 0.3) is 11.0 Å². The second-order valence-electron chi connectivity index (χ2n) is 7.23. The highest BCUT2D eigenvalue weighted by Gasteiger charge is 2.21. The molecule has 0 aliphatic carbocycles. The van der Waals surface area contributed by atoms with E-state index in [0.717, 1.165) is 10.9 Å². The Bertz CT molecular complexity index is 1060. The number of amides is 2. The van der Waals surface area contributed by atoms with Gasteiger partial charge >= 0.3 is 0 Å². The summed E-state index contributed by atoms with van der Waals surface area (Å²) in [5.41, 5.74) is 2.79. The van der Waals surface area contributed by atoms with Crippen LogP contribution in [0.5, 0.6) is 0 Å². The fourth-order valence-corrected chi connectivity index (χ4v) is 3.18. The molecule has 0 radical (unpaired) electrons. The average Bonchev–Trinajstić information content (AvgIpc) is 3.08. The van der Waals surface area contributed by atoms with Crippen LogP contribution in [0, 0.1) is 6.92 Å². The van der Waals surface area contributed by atoms with Gasteiger partial charge in [0, 0.05) is 34.6 Å². The summed E-state index contributed by atoms with van der Waals surface area (Å²) in [6.07, 6.45) is 0.142. The van der Waals surface area contributed by atoms with Crippen molar-refractivity contribution in [3.63, 3.8) is 0 Å². The molecule has 3 aromatic rings. The molecule has 2 aromatic carbocycles. The number of fused-ring (bicyclic) bond motifs is 1. The van der Waals surface area contributed by atoms with Crippen molar-refractivity contribution in [2.75, 3.05) is 11.9 Å². The minimum absolute atomic E-state index is 0.0215. The van der Waals surface area contributed by atoms with Gasteiger partial charge in [0.1, 0.15) is 5.58 Å². The first-order valence-corrected chi connectivity index (χ1v) is 10.2. The van der Waals surface area contributed by atoms with Crippen molar-refractivity contribution in [1.29, 1.82) is 0 Å². The summed E-state index contributed by atoms with van der Waals surface area (Å²) in [6.45, 7) is 6.14. The average molecular weight is 429 g/mol.